The van der Waals surface area contributed by atoms with Crippen molar-refractivity contribution in [3.63, 3.8) is 0 Å². The van der Waals surface area contributed by atoms with Crippen LogP contribution < -0.4 is 10.2 Å². The number of fused-ring (bicyclic) bond motifs is 1. The van der Waals surface area contributed by atoms with Crippen molar-refractivity contribution in [2.45, 2.75) is 19.5 Å². The van der Waals surface area contributed by atoms with Gasteiger partial charge in [-0.1, -0.05) is 18.2 Å². The van der Waals surface area contributed by atoms with Crippen LogP contribution in [0, 0.1) is 0 Å². The van der Waals surface area contributed by atoms with Crippen LogP contribution in [0.3, 0.4) is 0 Å². The van der Waals surface area contributed by atoms with Crippen molar-refractivity contribution in [1.29, 1.82) is 0 Å². The van der Waals surface area contributed by atoms with E-state index in [9.17, 15) is 4.79 Å². The van der Waals surface area contributed by atoms with E-state index in [4.69, 9.17) is 0 Å². The molecule has 0 atom stereocenters. The van der Waals surface area contributed by atoms with Crippen LogP contribution in [0.5, 0.6) is 0 Å². The number of hydrogen-bond donors (Lipinski definition) is 1. The molecule has 0 aliphatic carbocycles. The van der Waals surface area contributed by atoms with Crippen LogP contribution in [0.25, 0.3) is 5.69 Å². The number of aromatic nitrogens is 4. The second-order valence-corrected chi connectivity index (χ2v) is 7.38. The average molecular weight is 389 g/mol. The van der Waals surface area contributed by atoms with Gasteiger partial charge in [-0.3, -0.25) is 4.79 Å². The molecule has 8 heteroatoms. The van der Waals surface area contributed by atoms with Gasteiger partial charge < -0.3 is 15.1 Å². The molecule has 1 fully saturated rings. The predicted molar refractivity (Wildman–Crippen MR) is 109 cm³/mol. The number of amides is 1. The van der Waals surface area contributed by atoms with E-state index in [1.165, 1.54) is 0 Å². The quantitative estimate of drug-likeness (QED) is 0.733. The molecular formula is C21H23N7O. The summed E-state index contributed by atoms with van der Waals surface area (Å²) in [6.45, 7) is 4.88. The Labute approximate surface area is 169 Å². The molecular weight excluding hydrogens is 366 g/mol. The standard InChI is InChI=1S/C21H23N7O/c29-21(18-12-24-20(13-23-18)26-9-4-7-22-8-10-26)27-14-16-11-25-28(19(16)15-27)17-5-2-1-3-6-17/h1-3,5-6,11-13,22H,4,7-10,14-15H2. The highest BCUT2D eigenvalue weighted by atomic mass is 16.2. The second-order valence-electron chi connectivity index (χ2n) is 7.38. The first kappa shape index (κ1) is 17.8. The van der Waals surface area contributed by atoms with Gasteiger partial charge in [0, 0.05) is 31.7 Å². The normalized spacial score (nSPS) is 16.6. The average Bonchev–Trinajstić information content (AvgIpc) is 3.24. The summed E-state index contributed by atoms with van der Waals surface area (Å²) in [6, 6.07) is 9.98. The zero-order valence-electron chi connectivity index (χ0n) is 16.2. The summed E-state index contributed by atoms with van der Waals surface area (Å²) in [5, 5.41) is 7.86. The summed E-state index contributed by atoms with van der Waals surface area (Å²) >= 11 is 0. The van der Waals surface area contributed by atoms with Crippen LogP contribution in [-0.2, 0) is 13.1 Å². The Morgan fingerprint density at radius 2 is 1.86 bits per heavy atom. The number of carbonyl (C=O) groups is 1. The molecule has 2 aliphatic rings. The van der Waals surface area contributed by atoms with E-state index in [2.05, 4.69) is 25.3 Å². The number of rotatable bonds is 3. The maximum absolute atomic E-state index is 13.0. The molecule has 1 amide bonds. The Kier molecular flexibility index (Phi) is 4.69. The van der Waals surface area contributed by atoms with E-state index in [0.717, 1.165) is 55.4 Å². The van der Waals surface area contributed by atoms with E-state index in [1.807, 2.05) is 41.2 Å². The highest BCUT2D eigenvalue weighted by Crippen LogP contribution is 2.26. The predicted octanol–water partition coefficient (Wildman–Crippen LogP) is 1.62. The SMILES string of the molecule is O=C(c1cnc(N2CCCNCC2)cn1)N1Cc2cnn(-c3ccccc3)c2C1. The molecule has 0 bridgehead atoms. The van der Waals surface area contributed by atoms with E-state index in [0.29, 0.717) is 18.8 Å². The number of hydrogen-bond acceptors (Lipinski definition) is 6. The fraction of sp³-hybridized carbons (Fsp3) is 0.333. The highest BCUT2D eigenvalue weighted by Gasteiger charge is 2.29. The molecule has 1 saturated heterocycles. The molecule has 0 unspecified atom stereocenters. The molecule has 0 radical (unpaired) electrons. The minimum Gasteiger partial charge on any atom is -0.354 e. The molecule has 4 heterocycles. The molecule has 2 aromatic heterocycles. The lowest BCUT2D eigenvalue weighted by Gasteiger charge is -2.21. The summed E-state index contributed by atoms with van der Waals surface area (Å²) in [6.07, 6.45) is 6.24. The van der Waals surface area contributed by atoms with Gasteiger partial charge >= 0.3 is 0 Å². The van der Waals surface area contributed by atoms with E-state index in [1.54, 1.807) is 17.3 Å². The first-order chi connectivity index (χ1) is 14.3. The van der Waals surface area contributed by atoms with E-state index in [-0.39, 0.29) is 5.91 Å². The first-order valence-electron chi connectivity index (χ1n) is 9.98. The fourth-order valence-corrected chi connectivity index (χ4v) is 3.92. The minimum atomic E-state index is -0.0996. The number of para-hydroxylation sites is 1. The third kappa shape index (κ3) is 3.47. The van der Waals surface area contributed by atoms with Gasteiger partial charge in [0.2, 0.25) is 0 Å². The molecule has 0 saturated carbocycles. The summed E-state index contributed by atoms with van der Waals surface area (Å²) in [5.74, 6) is 0.729. The largest absolute Gasteiger partial charge is 0.354 e. The van der Waals surface area contributed by atoms with Crippen LogP contribution in [0.15, 0.2) is 48.9 Å². The van der Waals surface area contributed by atoms with Gasteiger partial charge in [-0.05, 0) is 25.1 Å². The summed E-state index contributed by atoms with van der Waals surface area (Å²) in [4.78, 5) is 25.9. The Balaban J connectivity index is 1.30. The van der Waals surface area contributed by atoms with Crippen molar-refractivity contribution in [1.82, 2.24) is 30.0 Å². The number of benzene rings is 1. The molecule has 1 aromatic carbocycles. The van der Waals surface area contributed by atoms with Crippen LogP contribution >= 0.6 is 0 Å². The molecule has 8 nitrogen and oxygen atoms in total. The second kappa shape index (κ2) is 7.63. The highest BCUT2D eigenvalue weighted by molar-refractivity contribution is 5.92. The van der Waals surface area contributed by atoms with Gasteiger partial charge in [-0.15, -0.1) is 0 Å². The van der Waals surface area contributed by atoms with Crippen molar-refractivity contribution >= 4 is 11.7 Å². The molecule has 0 spiro atoms. The molecule has 29 heavy (non-hydrogen) atoms. The first-order valence-corrected chi connectivity index (χ1v) is 9.98. The molecule has 3 aromatic rings. The lowest BCUT2D eigenvalue weighted by atomic mass is 10.3. The number of carbonyl (C=O) groups excluding carboxylic acids is 1. The Bertz CT molecular complexity index is 992. The summed E-state index contributed by atoms with van der Waals surface area (Å²) < 4.78 is 1.91. The maximum atomic E-state index is 13.0. The topological polar surface area (TPSA) is 79.2 Å². The van der Waals surface area contributed by atoms with Gasteiger partial charge in [0.1, 0.15) is 11.5 Å². The van der Waals surface area contributed by atoms with Gasteiger partial charge in [0.05, 0.1) is 36.5 Å². The lowest BCUT2D eigenvalue weighted by molar-refractivity contribution is 0.0742. The van der Waals surface area contributed by atoms with Crippen LogP contribution in [0.2, 0.25) is 0 Å². The lowest BCUT2D eigenvalue weighted by Crippen LogP contribution is -2.30. The van der Waals surface area contributed by atoms with Gasteiger partial charge in [0.25, 0.3) is 5.91 Å². The zero-order valence-corrected chi connectivity index (χ0v) is 16.2. The smallest absolute Gasteiger partial charge is 0.274 e. The van der Waals surface area contributed by atoms with Gasteiger partial charge in [0.15, 0.2) is 0 Å². The van der Waals surface area contributed by atoms with Crippen molar-refractivity contribution < 1.29 is 4.79 Å². The van der Waals surface area contributed by atoms with E-state index < -0.39 is 0 Å². The summed E-state index contributed by atoms with van der Waals surface area (Å²) in [5.41, 5.74) is 3.50. The molecule has 148 valence electrons. The van der Waals surface area contributed by atoms with Crippen LogP contribution in [0.4, 0.5) is 5.82 Å². The van der Waals surface area contributed by atoms with Crippen molar-refractivity contribution in [2.75, 3.05) is 31.1 Å². The number of nitrogens with zero attached hydrogens (tertiary/aromatic N) is 6. The third-order valence-electron chi connectivity index (χ3n) is 5.47. The zero-order chi connectivity index (χ0) is 19.6. The monoisotopic (exact) mass is 389 g/mol. The molecule has 1 N–H and O–H groups in total. The molecule has 2 aliphatic heterocycles. The molecule has 5 rings (SSSR count). The fourth-order valence-electron chi connectivity index (χ4n) is 3.92. The van der Waals surface area contributed by atoms with E-state index >= 15 is 0 Å². The van der Waals surface area contributed by atoms with Crippen molar-refractivity contribution in [2.24, 2.45) is 0 Å². The van der Waals surface area contributed by atoms with Gasteiger partial charge in [-0.25, -0.2) is 14.6 Å². The summed E-state index contributed by atoms with van der Waals surface area (Å²) in [7, 11) is 0. The third-order valence-corrected chi connectivity index (χ3v) is 5.47. The van der Waals surface area contributed by atoms with Crippen LogP contribution in [-0.4, -0.2) is 56.7 Å². The number of anilines is 1. The van der Waals surface area contributed by atoms with Crippen molar-refractivity contribution in [3.05, 3.63) is 65.9 Å². The van der Waals surface area contributed by atoms with Gasteiger partial charge in [-0.2, -0.15) is 5.10 Å². The number of nitrogens with one attached hydrogen (secondary N) is 1. The Morgan fingerprint density at radius 3 is 2.69 bits per heavy atom. The van der Waals surface area contributed by atoms with Crippen molar-refractivity contribution in [3.8, 4) is 5.69 Å². The minimum absolute atomic E-state index is 0.0996. The maximum Gasteiger partial charge on any atom is 0.274 e. The van der Waals surface area contributed by atoms with Crippen LogP contribution in [0.1, 0.15) is 28.2 Å². The Morgan fingerprint density at radius 1 is 0.966 bits per heavy atom. The Hall–Kier alpha value is -3.26.